The lowest BCUT2D eigenvalue weighted by atomic mass is 9.89. The van der Waals surface area contributed by atoms with Crippen molar-refractivity contribution >= 4 is 5.91 Å². The van der Waals surface area contributed by atoms with E-state index < -0.39 is 12.3 Å². The zero-order chi connectivity index (χ0) is 28.7. The van der Waals surface area contributed by atoms with Gasteiger partial charge in [-0.2, -0.15) is 10.2 Å². The van der Waals surface area contributed by atoms with Crippen LogP contribution in [0.15, 0.2) is 41.2 Å². The van der Waals surface area contributed by atoms with E-state index in [-0.39, 0.29) is 47.0 Å². The highest BCUT2D eigenvalue weighted by Crippen LogP contribution is 2.39. The van der Waals surface area contributed by atoms with Gasteiger partial charge in [-0.25, -0.2) is 18.7 Å². The molecule has 2 atom stereocenters. The second-order valence-corrected chi connectivity index (χ2v) is 10.8. The third-order valence-corrected chi connectivity index (χ3v) is 7.82. The molecule has 0 spiro atoms. The topological polar surface area (TPSA) is 141 Å². The Kier molecular flexibility index (Phi) is 7.39. The van der Waals surface area contributed by atoms with Crippen LogP contribution in [-0.4, -0.2) is 72.1 Å². The van der Waals surface area contributed by atoms with E-state index in [9.17, 15) is 13.6 Å². The van der Waals surface area contributed by atoms with Crippen LogP contribution >= 0.6 is 0 Å². The van der Waals surface area contributed by atoms with E-state index in [0.29, 0.717) is 22.9 Å². The number of primary amides is 1. The van der Waals surface area contributed by atoms with Crippen LogP contribution < -0.4 is 5.73 Å². The summed E-state index contributed by atoms with van der Waals surface area (Å²) in [7, 11) is 0. The van der Waals surface area contributed by atoms with Gasteiger partial charge in [-0.3, -0.25) is 19.5 Å². The number of nitrogens with two attached hydrogens (primary N) is 1. The molecule has 13 heteroatoms. The van der Waals surface area contributed by atoms with Crippen molar-refractivity contribution in [2.24, 2.45) is 5.73 Å². The largest absolute Gasteiger partial charge is 0.435 e. The maximum Gasteiger partial charge on any atom is 0.280 e. The SMILES string of the molecule is C[C@@H]1CN(C2CCC(n3cc(-c4oc(-c5cn[nH]c5)nc4C(N)=O)c(-c4cccc(C(F)F)n4)n3)CC2)C[C@H](C)O1. The number of nitrogens with one attached hydrogen (secondary N) is 1. The number of hydrogen-bond acceptors (Lipinski definition) is 8. The smallest absolute Gasteiger partial charge is 0.280 e. The van der Waals surface area contributed by atoms with Gasteiger partial charge in [-0.1, -0.05) is 6.07 Å². The average Bonchev–Trinajstić information content (AvgIpc) is 3.72. The molecule has 1 aliphatic carbocycles. The molecular weight excluding hydrogens is 534 g/mol. The molecule has 41 heavy (non-hydrogen) atoms. The van der Waals surface area contributed by atoms with Gasteiger partial charge in [0.2, 0.25) is 5.89 Å². The number of hydrogen-bond donors (Lipinski definition) is 2. The fraction of sp³-hybridized carbons (Fsp3) is 0.464. The Morgan fingerprint density at radius 3 is 2.49 bits per heavy atom. The summed E-state index contributed by atoms with van der Waals surface area (Å²) in [6.45, 7) is 6.06. The average molecular weight is 567 g/mol. The zero-order valence-electron chi connectivity index (χ0n) is 22.8. The predicted octanol–water partition coefficient (Wildman–Crippen LogP) is 4.62. The van der Waals surface area contributed by atoms with Crippen LogP contribution in [-0.2, 0) is 4.74 Å². The fourth-order valence-corrected chi connectivity index (χ4v) is 6.00. The molecule has 1 amide bonds. The number of carbonyl (C=O) groups excluding carboxylic acids is 1. The van der Waals surface area contributed by atoms with Crippen molar-refractivity contribution in [3.63, 3.8) is 0 Å². The molecule has 0 bridgehead atoms. The third-order valence-electron chi connectivity index (χ3n) is 7.82. The quantitative estimate of drug-likeness (QED) is 0.330. The molecule has 3 N–H and O–H groups in total. The number of oxazole rings is 1. The van der Waals surface area contributed by atoms with E-state index in [4.69, 9.17) is 20.0 Å². The first-order chi connectivity index (χ1) is 19.8. The summed E-state index contributed by atoms with van der Waals surface area (Å²) < 4.78 is 40.9. The molecule has 1 saturated heterocycles. The first-order valence-corrected chi connectivity index (χ1v) is 13.8. The monoisotopic (exact) mass is 566 g/mol. The second kappa shape index (κ2) is 11.1. The first-order valence-electron chi connectivity index (χ1n) is 13.8. The van der Waals surface area contributed by atoms with Crippen LogP contribution in [0.3, 0.4) is 0 Å². The molecule has 4 aromatic rings. The number of aromatic nitrogens is 6. The fourth-order valence-electron chi connectivity index (χ4n) is 6.00. The van der Waals surface area contributed by atoms with Crippen molar-refractivity contribution in [3.8, 4) is 34.2 Å². The Hall–Kier alpha value is -3.97. The highest BCUT2D eigenvalue weighted by molar-refractivity contribution is 5.98. The molecule has 216 valence electrons. The number of amides is 1. The standard InChI is InChI=1S/C28H32F2N8O3/c1-15-12-37(13-16(2)40-15)18-6-8-19(9-7-18)38-14-20(23(36-38)21-4-3-5-22(34-21)26(29)30)25-24(27(31)39)35-28(41-25)17-10-32-33-11-17/h3-5,10-11,14-16,18-19,26H,6-9,12-13H2,1-2H3,(H2,31,39)(H,32,33)/t15-,16+,18?,19?. The molecular formula is C28H32F2N8O3. The maximum atomic E-state index is 13.6. The molecule has 1 aliphatic heterocycles. The second-order valence-electron chi connectivity index (χ2n) is 10.8. The summed E-state index contributed by atoms with van der Waals surface area (Å²) in [6.07, 6.45) is 6.28. The molecule has 2 fully saturated rings. The lowest BCUT2D eigenvalue weighted by Crippen LogP contribution is -2.51. The van der Waals surface area contributed by atoms with E-state index in [1.807, 2.05) is 4.68 Å². The number of ether oxygens (including phenoxy) is 1. The molecule has 5 heterocycles. The van der Waals surface area contributed by atoms with Gasteiger partial charge in [0.05, 0.1) is 41.3 Å². The molecule has 1 saturated carbocycles. The highest BCUT2D eigenvalue weighted by atomic mass is 19.3. The molecule has 0 radical (unpaired) electrons. The van der Waals surface area contributed by atoms with Crippen LogP contribution in [0.25, 0.3) is 34.2 Å². The van der Waals surface area contributed by atoms with Gasteiger partial charge in [0, 0.05) is 31.5 Å². The maximum absolute atomic E-state index is 13.6. The van der Waals surface area contributed by atoms with Crippen LogP contribution in [0.2, 0.25) is 0 Å². The number of nitrogens with zero attached hydrogens (tertiary/aromatic N) is 6. The van der Waals surface area contributed by atoms with Gasteiger partial charge in [0.25, 0.3) is 12.3 Å². The molecule has 4 aromatic heterocycles. The van der Waals surface area contributed by atoms with Gasteiger partial charge in [-0.05, 0) is 51.7 Å². The molecule has 0 unspecified atom stereocenters. The highest BCUT2D eigenvalue weighted by Gasteiger charge is 2.33. The van der Waals surface area contributed by atoms with Gasteiger partial charge in [0.1, 0.15) is 11.4 Å². The van der Waals surface area contributed by atoms with E-state index in [2.05, 4.69) is 38.9 Å². The third kappa shape index (κ3) is 5.51. The number of rotatable bonds is 7. The van der Waals surface area contributed by atoms with E-state index >= 15 is 0 Å². The number of morpholine rings is 1. The Balaban J connectivity index is 1.36. The van der Waals surface area contributed by atoms with Gasteiger partial charge in [-0.15, -0.1) is 0 Å². The van der Waals surface area contributed by atoms with Crippen molar-refractivity contribution in [2.45, 2.75) is 70.2 Å². The lowest BCUT2D eigenvalue weighted by molar-refractivity contribution is -0.0852. The summed E-state index contributed by atoms with van der Waals surface area (Å²) in [5.41, 5.74) is 6.69. The predicted molar refractivity (Wildman–Crippen MR) is 145 cm³/mol. The Morgan fingerprint density at radius 1 is 1.10 bits per heavy atom. The number of alkyl halides is 2. The molecule has 0 aromatic carbocycles. The molecule has 6 rings (SSSR count). The minimum atomic E-state index is -2.75. The summed E-state index contributed by atoms with van der Waals surface area (Å²) in [6, 6.07) is 4.92. The van der Waals surface area contributed by atoms with Gasteiger partial charge in [0.15, 0.2) is 11.5 Å². The van der Waals surface area contributed by atoms with Crippen molar-refractivity contribution in [1.29, 1.82) is 0 Å². The summed E-state index contributed by atoms with van der Waals surface area (Å²) >= 11 is 0. The Bertz CT molecular complexity index is 1500. The zero-order valence-corrected chi connectivity index (χ0v) is 22.8. The number of carbonyl (C=O) groups is 1. The minimum Gasteiger partial charge on any atom is -0.435 e. The van der Waals surface area contributed by atoms with Crippen molar-refractivity contribution < 1.29 is 22.7 Å². The van der Waals surface area contributed by atoms with E-state index in [1.54, 1.807) is 18.5 Å². The minimum absolute atomic E-state index is 0.0706. The van der Waals surface area contributed by atoms with Crippen LogP contribution in [0.4, 0.5) is 8.78 Å². The summed E-state index contributed by atoms with van der Waals surface area (Å²) in [4.78, 5) is 23.4. The first kappa shape index (κ1) is 27.2. The van der Waals surface area contributed by atoms with Crippen LogP contribution in [0.5, 0.6) is 0 Å². The normalized spacial score (nSPS) is 23.7. The summed E-state index contributed by atoms with van der Waals surface area (Å²) in [5, 5.41) is 11.4. The number of aromatic amines is 1. The van der Waals surface area contributed by atoms with Crippen LogP contribution in [0, 0.1) is 0 Å². The Labute approximate surface area is 235 Å². The van der Waals surface area contributed by atoms with Crippen molar-refractivity contribution in [2.75, 3.05) is 13.1 Å². The number of halogens is 2. The lowest BCUT2D eigenvalue weighted by Gasteiger charge is -2.42. The summed E-state index contributed by atoms with van der Waals surface area (Å²) in [5.74, 6) is -0.546. The molecule has 11 nitrogen and oxygen atoms in total. The van der Waals surface area contributed by atoms with Crippen molar-refractivity contribution in [3.05, 3.63) is 48.2 Å². The van der Waals surface area contributed by atoms with E-state index in [0.717, 1.165) is 38.8 Å². The van der Waals surface area contributed by atoms with Gasteiger partial charge >= 0.3 is 0 Å². The molecule has 2 aliphatic rings. The van der Waals surface area contributed by atoms with Crippen molar-refractivity contribution in [1.82, 2.24) is 34.8 Å². The number of H-pyrrole nitrogens is 1. The van der Waals surface area contributed by atoms with Gasteiger partial charge < -0.3 is 14.9 Å². The van der Waals surface area contributed by atoms with Crippen LogP contribution in [0.1, 0.15) is 68.2 Å². The van der Waals surface area contributed by atoms with E-state index in [1.165, 1.54) is 18.3 Å². The number of pyridine rings is 1. The Morgan fingerprint density at radius 2 is 1.83 bits per heavy atom.